The maximum atomic E-state index is 15.1. The minimum absolute atomic E-state index is 0.0377. The van der Waals surface area contributed by atoms with E-state index in [0.717, 1.165) is 39.7 Å². The maximum Gasteiger partial charge on any atom is 0.253 e. The Balaban J connectivity index is 1.44. The number of hydrogen-bond acceptors (Lipinski definition) is 3. The molecule has 0 N–H and O–H groups in total. The highest BCUT2D eigenvalue weighted by atomic mass is 79.9. The molecule has 1 amide bonds. The Kier molecular flexibility index (Phi) is 5.93. The van der Waals surface area contributed by atoms with Crippen LogP contribution in [0.4, 0.5) is 4.39 Å². The van der Waals surface area contributed by atoms with Gasteiger partial charge in [0, 0.05) is 67.5 Å². The topological polar surface area (TPSA) is 41.4 Å². The van der Waals surface area contributed by atoms with Gasteiger partial charge in [0.15, 0.2) is 0 Å². The van der Waals surface area contributed by atoms with E-state index in [9.17, 15) is 4.79 Å². The number of aromatic nitrogens is 2. The molecule has 0 aliphatic carbocycles. The van der Waals surface area contributed by atoms with E-state index in [1.165, 1.54) is 0 Å². The largest absolute Gasteiger partial charge is 0.345 e. The average molecular weight is 473 g/mol. The van der Waals surface area contributed by atoms with Crippen LogP contribution in [0.2, 0.25) is 0 Å². The van der Waals surface area contributed by atoms with Crippen LogP contribution in [0.15, 0.2) is 47.1 Å². The highest BCUT2D eigenvalue weighted by Gasteiger charge is 2.31. The summed E-state index contributed by atoms with van der Waals surface area (Å²) < 4.78 is 18.2. The highest BCUT2D eigenvalue weighted by molar-refractivity contribution is 9.10. The number of hydrogen-bond donors (Lipinski definition) is 0. The fourth-order valence-corrected chi connectivity index (χ4v) is 4.65. The number of alkyl halides is 1. The lowest BCUT2D eigenvalue weighted by Gasteiger charge is -2.35. The predicted octanol–water partition coefficient (Wildman–Crippen LogP) is 4.37. The summed E-state index contributed by atoms with van der Waals surface area (Å²) in [6.07, 6.45) is 1.61. The summed E-state index contributed by atoms with van der Waals surface area (Å²) in [5.74, 6) is -0.169. The van der Waals surface area contributed by atoms with Gasteiger partial charge < -0.3 is 9.47 Å². The molecule has 1 saturated heterocycles. The molecule has 5 nitrogen and oxygen atoms in total. The van der Waals surface area contributed by atoms with Gasteiger partial charge in [0.05, 0.1) is 0 Å². The van der Waals surface area contributed by atoms with Gasteiger partial charge in [0.1, 0.15) is 11.8 Å². The number of carbonyl (C=O) groups excluding carboxylic acids is 1. The molecule has 4 rings (SSSR count). The number of piperidine rings is 1. The van der Waals surface area contributed by atoms with E-state index in [1.54, 1.807) is 37.3 Å². The zero-order chi connectivity index (χ0) is 21.4. The quantitative estimate of drug-likeness (QED) is 0.566. The number of carbonyl (C=O) groups is 1. The van der Waals surface area contributed by atoms with Gasteiger partial charge in [-0.25, -0.2) is 9.37 Å². The standard InChI is InChI=1S/C23H26BrFN4O/c1-27(2)23(30)16-6-4-15(5-7-16)18-9-11-29(14-21(18)25)13-17-12-19-20(24)8-10-26-22(19)28(17)3/h4-8,10,12,18,21H,9,11,13-14H2,1-3H3/t18-,21-/m1/s1. The van der Waals surface area contributed by atoms with Crippen LogP contribution in [0, 0.1) is 0 Å². The first kappa shape index (κ1) is 21.0. The van der Waals surface area contributed by atoms with Gasteiger partial charge in [-0.05, 0) is 58.7 Å². The van der Waals surface area contributed by atoms with Crippen molar-refractivity contribution in [2.45, 2.75) is 25.1 Å². The second-order valence-electron chi connectivity index (χ2n) is 8.19. The molecule has 7 heteroatoms. The molecule has 1 aromatic carbocycles. The van der Waals surface area contributed by atoms with Crippen LogP contribution in [-0.2, 0) is 13.6 Å². The molecule has 2 atom stereocenters. The molecule has 3 aromatic rings. The van der Waals surface area contributed by atoms with Crippen molar-refractivity contribution in [1.29, 1.82) is 0 Å². The zero-order valence-electron chi connectivity index (χ0n) is 17.5. The molecule has 1 aliphatic heterocycles. The van der Waals surface area contributed by atoms with E-state index in [-0.39, 0.29) is 11.8 Å². The minimum Gasteiger partial charge on any atom is -0.345 e. The van der Waals surface area contributed by atoms with E-state index in [1.807, 2.05) is 25.2 Å². The zero-order valence-corrected chi connectivity index (χ0v) is 19.1. The first-order valence-electron chi connectivity index (χ1n) is 10.1. The minimum atomic E-state index is -0.936. The van der Waals surface area contributed by atoms with E-state index in [2.05, 4.69) is 36.4 Å². The van der Waals surface area contributed by atoms with Crippen LogP contribution < -0.4 is 0 Å². The Labute approximate surface area is 184 Å². The van der Waals surface area contributed by atoms with E-state index in [0.29, 0.717) is 18.7 Å². The molecule has 3 heterocycles. The Bertz CT molecular complexity index is 1060. The third-order valence-electron chi connectivity index (χ3n) is 5.98. The highest BCUT2D eigenvalue weighted by Crippen LogP contribution is 2.32. The number of aryl methyl sites for hydroxylation is 1. The van der Waals surface area contributed by atoms with Crippen molar-refractivity contribution < 1.29 is 9.18 Å². The van der Waals surface area contributed by atoms with Gasteiger partial charge in [0.25, 0.3) is 5.91 Å². The van der Waals surface area contributed by atoms with Gasteiger partial charge >= 0.3 is 0 Å². The van der Waals surface area contributed by atoms with Crippen LogP contribution in [0.5, 0.6) is 0 Å². The Morgan fingerprint density at radius 2 is 2.00 bits per heavy atom. The second kappa shape index (κ2) is 8.47. The fraction of sp³-hybridized carbons (Fsp3) is 0.391. The normalized spacial score (nSPS) is 19.9. The third-order valence-corrected chi connectivity index (χ3v) is 6.67. The molecule has 1 fully saturated rings. The molecule has 0 unspecified atom stereocenters. The van der Waals surface area contributed by atoms with Crippen molar-refractivity contribution in [3.8, 4) is 0 Å². The Hall–Kier alpha value is -2.25. The number of nitrogens with zero attached hydrogens (tertiary/aromatic N) is 4. The van der Waals surface area contributed by atoms with Crippen LogP contribution in [0.25, 0.3) is 11.0 Å². The van der Waals surface area contributed by atoms with E-state index in [4.69, 9.17) is 0 Å². The van der Waals surface area contributed by atoms with Crippen LogP contribution in [0.1, 0.15) is 34.0 Å². The number of likely N-dealkylation sites (tertiary alicyclic amines) is 1. The molecule has 0 spiro atoms. The Morgan fingerprint density at radius 3 is 2.63 bits per heavy atom. The van der Waals surface area contributed by atoms with Gasteiger partial charge in [-0.2, -0.15) is 0 Å². The average Bonchev–Trinajstić information content (AvgIpc) is 3.05. The molecular formula is C23H26BrFN4O. The molecule has 2 aromatic heterocycles. The first-order chi connectivity index (χ1) is 14.3. The van der Waals surface area contributed by atoms with Crippen molar-refractivity contribution >= 4 is 32.9 Å². The predicted molar refractivity (Wildman–Crippen MR) is 120 cm³/mol. The summed E-state index contributed by atoms with van der Waals surface area (Å²) in [5, 5.41) is 1.08. The lowest BCUT2D eigenvalue weighted by Crippen LogP contribution is -2.40. The molecule has 158 valence electrons. The maximum absolute atomic E-state index is 15.1. The summed E-state index contributed by atoms with van der Waals surface area (Å²) >= 11 is 3.58. The molecular weight excluding hydrogens is 447 g/mol. The van der Waals surface area contributed by atoms with Crippen molar-refractivity contribution in [3.05, 3.63) is 63.9 Å². The lowest BCUT2D eigenvalue weighted by atomic mass is 9.87. The third kappa shape index (κ3) is 4.01. The van der Waals surface area contributed by atoms with Crippen LogP contribution in [-0.4, -0.2) is 58.6 Å². The van der Waals surface area contributed by atoms with Crippen molar-refractivity contribution in [2.24, 2.45) is 7.05 Å². The Morgan fingerprint density at radius 1 is 1.27 bits per heavy atom. The van der Waals surface area contributed by atoms with Gasteiger partial charge in [-0.3, -0.25) is 9.69 Å². The molecule has 0 bridgehead atoms. The van der Waals surface area contributed by atoms with Crippen LogP contribution in [0.3, 0.4) is 0 Å². The van der Waals surface area contributed by atoms with E-state index >= 15 is 4.39 Å². The van der Waals surface area contributed by atoms with E-state index < -0.39 is 6.17 Å². The second-order valence-corrected chi connectivity index (χ2v) is 9.05. The monoisotopic (exact) mass is 472 g/mol. The lowest BCUT2D eigenvalue weighted by molar-refractivity contribution is 0.0827. The van der Waals surface area contributed by atoms with Crippen LogP contribution >= 0.6 is 15.9 Å². The molecule has 0 saturated carbocycles. The molecule has 0 radical (unpaired) electrons. The molecule has 1 aliphatic rings. The van der Waals surface area contributed by atoms with Gasteiger partial charge in [-0.1, -0.05) is 12.1 Å². The van der Waals surface area contributed by atoms with Gasteiger partial charge in [0.2, 0.25) is 0 Å². The summed E-state index contributed by atoms with van der Waals surface area (Å²) in [5.41, 5.74) is 3.65. The van der Waals surface area contributed by atoms with Crippen molar-refractivity contribution in [3.63, 3.8) is 0 Å². The SMILES string of the molecule is CN(C)C(=O)c1ccc([C@H]2CCN(Cc3cc4c(Br)ccnc4n3C)C[C@H]2F)cc1. The number of fused-ring (bicyclic) bond motifs is 1. The van der Waals surface area contributed by atoms with Gasteiger partial charge in [-0.15, -0.1) is 0 Å². The number of rotatable bonds is 4. The fourth-order valence-electron chi connectivity index (χ4n) is 4.24. The summed E-state index contributed by atoms with van der Waals surface area (Å²) in [4.78, 5) is 20.2. The van der Waals surface area contributed by atoms with Crippen molar-refractivity contribution in [2.75, 3.05) is 27.2 Å². The van der Waals surface area contributed by atoms with Crippen molar-refractivity contribution in [1.82, 2.24) is 19.4 Å². The summed E-state index contributed by atoms with van der Waals surface area (Å²) in [7, 11) is 5.47. The number of benzene rings is 1. The number of pyridine rings is 1. The summed E-state index contributed by atoms with van der Waals surface area (Å²) in [6, 6.07) is 11.5. The summed E-state index contributed by atoms with van der Waals surface area (Å²) in [6.45, 7) is 1.93. The first-order valence-corrected chi connectivity index (χ1v) is 10.9. The number of amides is 1. The number of halogens is 2. The molecule has 30 heavy (non-hydrogen) atoms. The smallest absolute Gasteiger partial charge is 0.253 e.